The molecule has 8 nitrogen and oxygen atoms in total. The normalized spacial score (nSPS) is 19.5. The van der Waals surface area contributed by atoms with E-state index in [0.29, 0.717) is 43.5 Å². The number of ether oxygens (including phenoxy) is 4. The van der Waals surface area contributed by atoms with Gasteiger partial charge >= 0.3 is 11.9 Å². The number of amidine groups is 1. The summed E-state index contributed by atoms with van der Waals surface area (Å²) >= 11 is 0. The summed E-state index contributed by atoms with van der Waals surface area (Å²) in [5.41, 5.74) is 0.485. The van der Waals surface area contributed by atoms with Gasteiger partial charge in [0.1, 0.15) is 17.3 Å². The molecule has 2 aromatic rings. The molecule has 0 atom stereocenters. The van der Waals surface area contributed by atoms with Crippen LogP contribution in [0.4, 0.5) is 5.69 Å². The summed E-state index contributed by atoms with van der Waals surface area (Å²) in [4.78, 5) is 32.1. The molecule has 0 unspecified atom stereocenters. The average molecular weight is 424 g/mol. The van der Waals surface area contributed by atoms with E-state index < -0.39 is 23.6 Å². The van der Waals surface area contributed by atoms with E-state index >= 15 is 0 Å². The second-order valence-corrected chi connectivity index (χ2v) is 7.63. The molecule has 2 aliphatic heterocycles. The summed E-state index contributed by atoms with van der Waals surface area (Å²) in [6.07, 6.45) is 0. The molecule has 2 fully saturated rings. The quantitative estimate of drug-likeness (QED) is 0.322. The van der Waals surface area contributed by atoms with Crippen molar-refractivity contribution in [3.8, 4) is 11.5 Å². The number of cyclic esters (lactones) is 2. The van der Waals surface area contributed by atoms with Crippen LogP contribution in [0.3, 0.4) is 0 Å². The number of aliphatic imine (C=N–C) groups is 1. The van der Waals surface area contributed by atoms with Gasteiger partial charge in [0.15, 0.2) is 5.75 Å². The number of morpholine rings is 1. The fraction of sp³-hybridized carbons (Fsp3) is 0.348. The fourth-order valence-electron chi connectivity index (χ4n) is 3.42. The molecular formula is C23H24N2O6. The number of para-hydroxylation sites is 3. The van der Waals surface area contributed by atoms with Crippen LogP contribution in [0.1, 0.15) is 13.8 Å². The van der Waals surface area contributed by atoms with Gasteiger partial charge in [-0.2, -0.15) is 0 Å². The molecule has 0 spiro atoms. The third-order valence-electron chi connectivity index (χ3n) is 4.83. The summed E-state index contributed by atoms with van der Waals surface area (Å²) in [7, 11) is 0. The Bertz CT molecular complexity index is 963. The Morgan fingerprint density at radius 1 is 0.968 bits per heavy atom. The van der Waals surface area contributed by atoms with E-state index in [1.54, 1.807) is 12.1 Å². The third-order valence-corrected chi connectivity index (χ3v) is 4.83. The number of carbonyl (C=O) groups excluding carboxylic acids is 2. The first-order chi connectivity index (χ1) is 14.9. The summed E-state index contributed by atoms with van der Waals surface area (Å²) < 4.78 is 22.1. The molecule has 162 valence electrons. The van der Waals surface area contributed by atoms with Crippen LogP contribution in [0.5, 0.6) is 11.5 Å². The molecule has 2 saturated heterocycles. The largest absolute Gasteiger partial charge is 0.455 e. The number of hydrogen-bond acceptors (Lipinski definition) is 7. The molecule has 8 heteroatoms. The zero-order chi connectivity index (χ0) is 21.8. The highest BCUT2D eigenvalue weighted by Crippen LogP contribution is 2.33. The molecule has 0 N–H and O–H groups in total. The molecule has 4 rings (SSSR count). The first-order valence-electron chi connectivity index (χ1n) is 10.1. The van der Waals surface area contributed by atoms with Crippen LogP contribution in [-0.2, 0) is 23.8 Å². The van der Waals surface area contributed by atoms with Gasteiger partial charge in [0.25, 0.3) is 5.79 Å². The van der Waals surface area contributed by atoms with Gasteiger partial charge in [-0.3, -0.25) is 9.59 Å². The van der Waals surface area contributed by atoms with Crippen molar-refractivity contribution in [1.82, 2.24) is 4.90 Å². The van der Waals surface area contributed by atoms with Crippen LogP contribution < -0.4 is 4.74 Å². The van der Waals surface area contributed by atoms with Crippen molar-refractivity contribution in [3.05, 3.63) is 54.6 Å². The minimum Gasteiger partial charge on any atom is -0.455 e. The van der Waals surface area contributed by atoms with Gasteiger partial charge in [0, 0.05) is 26.9 Å². The van der Waals surface area contributed by atoms with Gasteiger partial charge in [-0.05, 0) is 24.3 Å². The number of esters is 2. The lowest BCUT2D eigenvalue weighted by atomic mass is 10.1. The first kappa shape index (κ1) is 20.9. The van der Waals surface area contributed by atoms with E-state index in [-0.39, 0.29) is 5.84 Å². The van der Waals surface area contributed by atoms with Crippen molar-refractivity contribution in [3.63, 3.8) is 0 Å². The molecule has 0 radical (unpaired) electrons. The van der Waals surface area contributed by atoms with Crippen LogP contribution in [0.2, 0.25) is 0 Å². The van der Waals surface area contributed by atoms with E-state index in [1.165, 1.54) is 13.8 Å². The zero-order valence-electron chi connectivity index (χ0n) is 17.4. The average Bonchev–Trinajstić information content (AvgIpc) is 2.74. The standard InChI is InChI=1S/C23H24N2O6/c1-23(2)30-21(26)19(22(27)31-23)20(25-12-14-28-15-13-25)24-17-10-6-7-11-18(17)29-16-8-4-3-5-9-16/h3-11,19H,12-15H2,1-2H3. The van der Waals surface area contributed by atoms with Gasteiger partial charge in [0.2, 0.25) is 5.92 Å². The predicted molar refractivity (Wildman–Crippen MR) is 112 cm³/mol. The first-order valence-corrected chi connectivity index (χ1v) is 10.1. The van der Waals surface area contributed by atoms with Crippen molar-refractivity contribution in [2.24, 2.45) is 10.9 Å². The van der Waals surface area contributed by atoms with E-state index in [9.17, 15) is 9.59 Å². The minimum atomic E-state index is -1.31. The predicted octanol–water partition coefficient (Wildman–Crippen LogP) is 3.29. The monoisotopic (exact) mass is 424 g/mol. The van der Waals surface area contributed by atoms with Gasteiger partial charge in [-0.1, -0.05) is 30.3 Å². The molecule has 2 heterocycles. The molecule has 0 amide bonds. The second kappa shape index (κ2) is 8.77. The summed E-state index contributed by atoms with van der Waals surface area (Å²) in [5.74, 6) is -2.56. The number of nitrogens with zero attached hydrogens (tertiary/aromatic N) is 2. The Balaban J connectivity index is 1.73. The third kappa shape index (κ3) is 4.86. The zero-order valence-corrected chi connectivity index (χ0v) is 17.4. The van der Waals surface area contributed by atoms with E-state index in [4.69, 9.17) is 23.9 Å². The van der Waals surface area contributed by atoms with Crippen LogP contribution in [0.15, 0.2) is 59.6 Å². The maximum Gasteiger partial charge on any atom is 0.331 e. The van der Waals surface area contributed by atoms with Gasteiger partial charge in [-0.15, -0.1) is 0 Å². The topological polar surface area (TPSA) is 86.7 Å². The molecule has 0 aromatic heterocycles. The maximum atomic E-state index is 12.8. The number of rotatable bonds is 4. The van der Waals surface area contributed by atoms with Crippen LogP contribution in [0, 0.1) is 5.92 Å². The second-order valence-electron chi connectivity index (χ2n) is 7.63. The Kier molecular flexibility index (Phi) is 5.90. The Morgan fingerprint density at radius 3 is 2.26 bits per heavy atom. The maximum absolute atomic E-state index is 12.8. The molecule has 0 aliphatic carbocycles. The Labute approximate surface area is 180 Å². The summed E-state index contributed by atoms with van der Waals surface area (Å²) in [6, 6.07) is 16.5. The number of benzene rings is 2. The SMILES string of the molecule is CC1(C)OC(=O)C(C(=Nc2ccccc2Oc2ccccc2)N2CCOCC2)C(=O)O1. The van der Waals surface area contributed by atoms with E-state index in [1.807, 2.05) is 47.4 Å². The molecule has 31 heavy (non-hydrogen) atoms. The molecule has 0 saturated carbocycles. The summed E-state index contributed by atoms with van der Waals surface area (Å²) in [6.45, 7) is 4.94. The van der Waals surface area contributed by atoms with Gasteiger partial charge in [0.05, 0.1) is 13.2 Å². The highest BCUT2D eigenvalue weighted by molar-refractivity contribution is 6.17. The van der Waals surface area contributed by atoms with Crippen molar-refractivity contribution < 1.29 is 28.5 Å². The summed E-state index contributed by atoms with van der Waals surface area (Å²) in [5, 5.41) is 0. The number of hydrogen-bond donors (Lipinski definition) is 0. The molecular weight excluding hydrogens is 400 g/mol. The highest BCUT2D eigenvalue weighted by atomic mass is 16.7. The highest BCUT2D eigenvalue weighted by Gasteiger charge is 2.47. The van der Waals surface area contributed by atoms with Crippen molar-refractivity contribution in [2.75, 3.05) is 26.3 Å². The lowest BCUT2D eigenvalue weighted by Crippen LogP contribution is -2.54. The van der Waals surface area contributed by atoms with Crippen LogP contribution in [0.25, 0.3) is 0 Å². The molecule has 2 aromatic carbocycles. The fourth-order valence-corrected chi connectivity index (χ4v) is 3.42. The van der Waals surface area contributed by atoms with Crippen LogP contribution >= 0.6 is 0 Å². The minimum absolute atomic E-state index is 0.262. The van der Waals surface area contributed by atoms with Crippen LogP contribution in [-0.4, -0.2) is 54.8 Å². The number of carbonyl (C=O) groups is 2. The lowest BCUT2D eigenvalue weighted by Gasteiger charge is -2.37. The smallest absolute Gasteiger partial charge is 0.331 e. The Morgan fingerprint density at radius 2 is 1.58 bits per heavy atom. The Hall–Kier alpha value is -3.39. The van der Waals surface area contributed by atoms with Gasteiger partial charge < -0.3 is 23.8 Å². The van der Waals surface area contributed by atoms with E-state index in [2.05, 4.69) is 0 Å². The lowest BCUT2D eigenvalue weighted by molar-refractivity contribution is -0.236. The van der Waals surface area contributed by atoms with Gasteiger partial charge in [-0.25, -0.2) is 4.99 Å². The van der Waals surface area contributed by atoms with Crippen molar-refractivity contribution in [1.29, 1.82) is 0 Å². The molecule has 0 bridgehead atoms. The van der Waals surface area contributed by atoms with E-state index in [0.717, 1.165) is 0 Å². The van der Waals surface area contributed by atoms with Crippen molar-refractivity contribution >= 4 is 23.5 Å². The molecule has 2 aliphatic rings. The van der Waals surface area contributed by atoms with Crippen molar-refractivity contribution in [2.45, 2.75) is 19.6 Å².